The largest absolute Gasteiger partial charge is 0.381 e. The summed E-state index contributed by atoms with van der Waals surface area (Å²) in [5.74, 6) is 0. The molecule has 0 heterocycles. The van der Waals surface area contributed by atoms with Crippen molar-refractivity contribution in [1.29, 1.82) is 0 Å². The molecule has 0 fully saturated rings. The second-order valence-corrected chi connectivity index (χ2v) is 6.03. The van der Waals surface area contributed by atoms with Gasteiger partial charge in [0.1, 0.15) is 4.90 Å². The Hall–Kier alpha value is -1.11. The predicted octanol–water partition coefficient (Wildman–Crippen LogP) is 1.13. The Balaban J connectivity index is 2.90. The first-order valence-electron chi connectivity index (χ1n) is 6.00. The highest BCUT2D eigenvalue weighted by molar-refractivity contribution is 7.89. The van der Waals surface area contributed by atoms with Crippen LogP contribution in [0.5, 0.6) is 0 Å². The molecule has 0 saturated carbocycles. The fourth-order valence-electron chi connectivity index (χ4n) is 1.69. The maximum atomic E-state index is 11.8. The Labute approximate surface area is 109 Å². The van der Waals surface area contributed by atoms with E-state index in [-0.39, 0.29) is 10.9 Å². The van der Waals surface area contributed by atoms with Crippen molar-refractivity contribution in [3.8, 4) is 0 Å². The topological polar surface area (TPSA) is 84.2 Å². The molecule has 5 nitrogen and oxygen atoms in total. The zero-order chi connectivity index (χ0) is 13.6. The molecule has 0 aliphatic heterocycles. The summed E-state index contributed by atoms with van der Waals surface area (Å²) in [6, 6.07) is 7.06. The van der Waals surface area contributed by atoms with Gasteiger partial charge in [0, 0.05) is 6.04 Å². The van der Waals surface area contributed by atoms with Gasteiger partial charge in [0.25, 0.3) is 0 Å². The molecule has 0 spiro atoms. The summed E-state index contributed by atoms with van der Waals surface area (Å²) in [7, 11) is -2.03. The highest BCUT2D eigenvalue weighted by atomic mass is 32.2. The Morgan fingerprint density at radius 1 is 1.33 bits per heavy atom. The standard InChI is InChI=1S/C12H21N3O2S/c1-10(6-5-9-13)15-11-7-3-4-8-12(11)18(16,17)14-2/h3-4,7-8,10,14-15H,5-6,9,13H2,1-2H3. The van der Waals surface area contributed by atoms with Crippen molar-refractivity contribution in [2.75, 3.05) is 18.9 Å². The van der Waals surface area contributed by atoms with Gasteiger partial charge in [-0.25, -0.2) is 13.1 Å². The van der Waals surface area contributed by atoms with E-state index >= 15 is 0 Å². The molecule has 0 radical (unpaired) electrons. The number of anilines is 1. The fraction of sp³-hybridized carbons (Fsp3) is 0.500. The van der Waals surface area contributed by atoms with Gasteiger partial charge in [0.2, 0.25) is 10.0 Å². The van der Waals surface area contributed by atoms with Crippen LogP contribution < -0.4 is 15.8 Å². The summed E-state index contributed by atoms with van der Waals surface area (Å²) in [5, 5.41) is 3.21. The lowest BCUT2D eigenvalue weighted by Crippen LogP contribution is -2.23. The maximum absolute atomic E-state index is 11.8. The first kappa shape index (κ1) is 14.9. The number of rotatable bonds is 7. The SMILES string of the molecule is CNS(=O)(=O)c1ccccc1NC(C)CCCN. The van der Waals surface area contributed by atoms with Gasteiger partial charge in [-0.05, 0) is 45.5 Å². The number of hydrogen-bond donors (Lipinski definition) is 3. The van der Waals surface area contributed by atoms with Crippen LogP contribution in [0.15, 0.2) is 29.2 Å². The van der Waals surface area contributed by atoms with E-state index in [0.29, 0.717) is 12.2 Å². The van der Waals surface area contributed by atoms with Crippen LogP contribution in [0.4, 0.5) is 5.69 Å². The summed E-state index contributed by atoms with van der Waals surface area (Å²) < 4.78 is 26.0. The van der Waals surface area contributed by atoms with Gasteiger partial charge < -0.3 is 11.1 Å². The molecule has 6 heteroatoms. The molecule has 1 rings (SSSR count). The Morgan fingerprint density at radius 3 is 2.61 bits per heavy atom. The van der Waals surface area contributed by atoms with Crippen molar-refractivity contribution in [3.05, 3.63) is 24.3 Å². The van der Waals surface area contributed by atoms with Crippen molar-refractivity contribution in [1.82, 2.24) is 4.72 Å². The molecule has 18 heavy (non-hydrogen) atoms. The number of nitrogens with two attached hydrogens (primary N) is 1. The second kappa shape index (κ2) is 6.72. The first-order chi connectivity index (χ1) is 8.51. The van der Waals surface area contributed by atoms with E-state index in [2.05, 4.69) is 10.0 Å². The molecule has 0 saturated heterocycles. The highest BCUT2D eigenvalue weighted by Gasteiger charge is 2.16. The summed E-state index contributed by atoms with van der Waals surface area (Å²) in [6.07, 6.45) is 1.82. The van der Waals surface area contributed by atoms with Crippen molar-refractivity contribution < 1.29 is 8.42 Å². The average Bonchev–Trinajstić information content (AvgIpc) is 2.37. The molecule has 0 bridgehead atoms. The van der Waals surface area contributed by atoms with Crippen molar-refractivity contribution in [3.63, 3.8) is 0 Å². The van der Waals surface area contributed by atoms with E-state index < -0.39 is 10.0 Å². The molecule has 0 aliphatic carbocycles. The number of hydrogen-bond acceptors (Lipinski definition) is 4. The number of nitrogens with one attached hydrogen (secondary N) is 2. The Morgan fingerprint density at radius 2 is 2.00 bits per heavy atom. The van der Waals surface area contributed by atoms with Gasteiger partial charge >= 0.3 is 0 Å². The lowest BCUT2D eigenvalue weighted by atomic mass is 10.1. The number of para-hydroxylation sites is 1. The zero-order valence-corrected chi connectivity index (χ0v) is 11.6. The summed E-state index contributed by atoms with van der Waals surface area (Å²) >= 11 is 0. The van der Waals surface area contributed by atoms with Crippen LogP contribution in [-0.4, -0.2) is 28.1 Å². The molecule has 1 aromatic rings. The minimum Gasteiger partial charge on any atom is -0.381 e. The van der Waals surface area contributed by atoms with Crippen LogP contribution in [0.2, 0.25) is 0 Å². The molecule has 1 atom stereocenters. The van der Waals surface area contributed by atoms with Crippen LogP contribution in [0, 0.1) is 0 Å². The third-order valence-corrected chi connectivity index (χ3v) is 4.16. The van der Waals surface area contributed by atoms with Gasteiger partial charge in [-0.1, -0.05) is 12.1 Å². The zero-order valence-electron chi connectivity index (χ0n) is 10.8. The van der Waals surface area contributed by atoms with Crippen molar-refractivity contribution in [2.24, 2.45) is 5.73 Å². The fourth-order valence-corrected chi connectivity index (χ4v) is 2.59. The Kier molecular flexibility index (Phi) is 5.58. The first-order valence-corrected chi connectivity index (χ1v) is 7.48. The molecule has 102 valence electrons. The molecule has 1 aromatic carbocycles. The van der Waals surface area contributed by atoms with Gasteiger partial charge in [-0.15, -0.1) is 0 Å². The van der Waals surface area contributed by atoms with Crippen LogP contribution in [0.25, 0.3) is 0 Å². The normalized spacial score (nSPS) is 13.3. The van der Waals surface area contributed by atoms with Crippen LogP contribution in [-0.2, 0) is 10.0 Å². The second-order valence-electron chi connectivity index (χ2n) is 4.18. The maximum Gasteiger partial charge on any atom is 0.242 e. The number of sulfonamides is 1. The van der Waals surface area contributed by atoms with E-state index in [0.717, 1.165) is 12.8 Å². The van der Waals surface area contributed by atoms with Gasteiger partial charge in [-0.2, -0.15) is 0 Å². The highest BCUT2D eigenvalue weighted by Crippen LogP contribution is 2.21. The van der Waals surface area contributed by atoms with E-state index in [1.807, 2.05) is 13.0 Å². The molecule has 1 unspecified atom stereocenters. The summed E-state index contributed by atoms with van der Waals surface area (Å²) in [6.45, 7) is 2.65. The predicted molar refractivity (Wildman–Crippen MR) is 74.1 cm³/mol. The van der Waals surface area contributed by atoms with E-state index in [1.54, 1.807) is 18.2 Å². The van der Waals surface area contributed by atoms with Gasteiger partial charge in [0.15, 0.2) is 0 Å². The van der Waals surface area contributed by atoms with Crippen LogP contribution in [0.3, 0.4) is 0 Å². The molecular formula is C12H21N3O2S. The summed E-state index contributed by atoms with van der Waals surface area (Å²) in [5.41, 5.74) is 6.08. The molecule has 0 amide bonds. The van der Waals surface area contributed by atoms with Crippen LogP contribution >= 0.6 is 0 Å². The summed E-state index contributed by atoms with van der Waals surface area (Å²) in [4.78, 5) is 0.270. The third-order valence-electron chi connectivity index (χ3n) is 2.69. The molecule has 0 aliphatic rings. The molecular weight excluding hydrogens is 250 g/mol. The quantitative estimate of drug-likeness (QED) is 0.694. The monoisotopic (exact) mass is 271 g/mol. The van der Waals surface area contributed by atoms with Gasteiger partial charge in [-0.3, -0.25) is 0 Å². The third kappa shape index (κ3) is 3.97. The van der Waals surface area contributed by atoms with Gasteiger partial charge in [0.05, 0.1) is 5.69 Å². The lowest BCUT2D eigenvalue weighted by molar-refractivity contribution is 0.588. The van der Waals surface area contributed by atoms with E-state index in [4.69, 9.17) is 5.73 Å². The lowest BCUT2D eigenvalue weighted by Gasteiger charge is -2.17. The smallest absolute Gasteiger partial charge is 0.242 e. The van der Waals surface area contributed by atoms with Crippen molar-refractivity contribution >= 4 is 15.7 Å². The average molecular weight is 271 g/mol. The van der Waals surface area contributed by atoms with Crippen molar-refractivity contribution in [2.45, 2.75) is 30.7 Å². The van der Waals surface area contributed by atoms with E-state index in [1.165, 1.54) is 7.05 Å². The minimum atomic E-state index is -3.43. The Bertz CT molecular complexity index is 474. The minimum absolute atomic E-state index is 0.182. The molecule has 0 aromatic heterocycles. The van der Waals surface area contributed by atoms with Crippen LogP contribution in [0.1, 0.15) is 19.8 Å². The van der Waals surface area contributed by atoms with E-state index in [9.17, 15) is 8.42 Å². The molecule has 4 N–H and O–H groups in total. The number of benzene rings is 1.